The summed E-state index contributed by atoms with van der Waals surface area (Å²) in [5.41, 5.74) is 0.304. The van der Waals surface area contributed by atoms with E-state index in [0.29, 0.717) is 5.02 Å². The lowest BCUT2D eigenvalue weighted by atomic mass is 10.2. The number of sulfone groups is 1. The molecule has 1 saturated heterocycles. The van der Waals surface area contributed by atoms with Gasteiger partial charge in [0.1, 0.15) is 5.75 Å². The van der Waals surface area contributed by atoms with Gasteiger partial charge in [-0.3, -0.25) is 14.3 Å². The summed E-state index contributed by atoms with van der Waals surface area (Å²) in [5.74, 6) is -0.709. The molecule has 3 aromatic carbocycles. The van der Waals surface area contributed by atoms with Gasteiger partial charge in [-0.25, -0.2) is 16.8 Å². The van der Waals surface area contributed by atoms with Crippen molar-refractivity contribution in [3.8, 4) is 11.5 Å². The fourth-order valence-electron chi connectivity index (χ4n) is 3.64. The maximum absolute atomic E-state index is 13.0. The minimum Gasteiger partial charge on any atom is -0.454 e. The normalized spacial score (nSPS) is 14.9. The van der Waals surface area contributed by atoms with E-state index in [1.54, 1.807) is 30.3 Å². The number of hydrogen-bond acceptors (Lipinski definition) is 7. The zero-order chi connectivity index (χ0) is 28.2. The lowest BCUT2D eigenvalue weighted by Crippen LogP contribution is -2.47. The zero-order valence-electron chi connectivity index (χ0n) is 20.3. The van der Waals surface area contributed by atoms with Gasteiger partial charge in [0.15, 0.2) is 15.6 Å². The smallest absolute Gasteiger partial charge is 0.262 e. The molecule has 4 rings (SSSR count). The number of nitrogens with one attached hydrogen (secondary N) is 2. The van der Waals surface area contributed by atoms with Crippen molar-refractivity contribution in [1.29, 1.82) is 0 Å². The Balaban J connectivity index is 1.39. The Morgan fingerprint density at radius 3 is 2.26 bits per heavy atom. The second-order valence-electron chi connectivity index (χ2n) is 8.52. The molecule has 0 bridgehead atoms. The predicted molar refractivity (Wildman–Crippen MR) is 148 cm³/mol. The molecular weight excluding hydrogens is 589 g/mol. The van der Waals surface area contributed by atoms with Crippen LogP contribution in [0.3, 0.4) is 0 Å². The molecule has 1 aliphatic rings. The summed E-state index contributed by atoms with van der Waals surface area (Å²) in [5, 5.41) is 3.14. The van der Waals surface area contributed by atoms with E-state index in [4.69, 9.17) is 27.9 Å². The zero-order valence-corrected chi connectivity index (χ0v) is 23.4. The number of anilines is 1. The third kappa shape index (κ3) is 7.41. The van der Waals surface area contributed by atoms with Crippen molar-refractivity contribution in [2.75, 3.05) is 35.9 Å². The monoisotopic (exact) mass is 611 g/mol. The summed E-state index contributed by atoms with van der Waals surface area (Å²) in [6.07, 6.45) is 0. The molecule has 1 aliphatic heterocycles. The van der Waals surface area contributed by atoms with Gasteiger partial charge in [-0.2, -0.15) is 0 Å². The van der Waals surface area contributed by atoms with Gasteiger partial charge >= 0.3 is 0 Å². The van der Waals surface area contributed by atoms with Gasteiger partial charge in [-0.05, 0) is 54.6 Å². The number of carbonyl (C=O) groups is 2. The molecule has 39 heavy (non-hydrogen) atoms. The van der Waals surface area contributed by atoms with Crippen LogP contribution in [0.1, 0.15) is 10.4 Å². The number of sulfonamides is 1. The van der Waals surface area contributed by atoms with Gasteiger partial charge in [0, 0.05) is 23.7 Å². The number of carbonyl (C=O) groups excluding carboxylic acids is 2. The predicted octanol–water partition coefficient (Wildman–Crippen LogP) is 3.57. The van der Waals surface area contributed by atoms with Crippen LogP contribution in [0.25, 0.3) is 0 Å². The fraction of sp³-hybridized carbons (Fsp3) is 0.200. The topological polar surface area (TPSA) is 139 Å². The highest BCUT2D eigenvalue weighted by atomic mass is 35.5. The molecule has 1 fully saturated rings. The number of para-hydroxylation sites is 2. The van der Waals surface area contributed by atoms with Crippen molar-refractivity contribution in [3.63, 3.8) is 0 Å². The van der Waals surface area contributed by atoms with E-state index in [0.717, 1.165) is 0 Å². The maximum Gasteiger partial charge on any atom is 0.262 e. The van der Waals surface area contributed by atoms with E-state index in [9.17, 15) is 26.4 Å². The van der Waals surface area contributed by atoms with E-state index in [2.05, 4.69) is 10.0 Å². The Bertz CT molecular complexity index is 1600. The van der Waals surface area contributed by atoms with Crippen molar-refractivity contribution < 1.29 is 31.2 Å². The van der Waals surface area contributed by atoms with Crippen LogP contribution in [0.5, 0.6) is 11.5 Å². The summed E-state index contributed by atoms with van der Waals surface area (Å²) in [6, 6.07) is 16.2. The summed E-state index contributed by atoms with van der Waals surface area (Å²) in [7, 11) is -7.19. The first-order valence-corrected chi connectivity index (χ1v) is 15.6. The quantitative estimate of drug-likeness (QED) is 0.397. The summed E-state index contributed by atoms with van der Waals surface area (Å²) in [4.78, 5) is 26.0. The molecule has 3 aromatic rings. The second kappa shape index (κ2) is 11.8. The third-order valence-electron chi connectivity index (χ3n) is 5.77. The van der Waals surface area contributed by atoms with Crippen LogP contribution in [-0.2, 0) is 24.7 Å². The lowest BCUT2D eigenvalue weighted by Gasteiger charge is -2.26. The van der Waals surface area contributed by atoms with Gasteiger partial charge in [-0.1, -0.05) is 35.3 Å². The molecule has 0 radical (unpaired) electrons. The Morgan fingerprint density at radius 2 is 1.59 bits per heavy atom. The maximum atomic E-state index is 13.0. The van der Waals surface area contributed by atoms with Crippen molar-refractivity contribution >= 4 is 60.6 Å². The van der Waals surface area contributed by atoms with Crippen molar-refractivity contribution in [1.82, 2.24) is 10.2 Å². The first kappa shape index (κ1) is 28.7. The van der Waals surface area contributed by atoms with Crippen LogP contribution in [-0.4, -0.2) is 64.7 Å². The average molecular weight is 613 g/mol. The molecular formula is C25H23Cl2N3O7S2. The molecule has 14 heteroatoms. The largest absolute Gasteiger partial charge is 0.454 e. The molecule has 206 valence electrons. The van der Waals surface area contributed by atoms with Crippen LogP contribution in [0.15, 0.2) is 71.6 Å². The summed E-state index contributed by atoms with van der Waals surface area (Å²) in [6.45, 7) is -0.149. The minimum absolute atomic E-state index is 0.0809. The van der Waals surface area contributed by atoms with Crippen LogP contribution in [0.4, 0.5) is 5.69 Å². The molecule has 10 nitrogen and oxygen atoms in total. The van der Waals surface area contributed by atoms with E-state index in [-0.39, 0.29) is 63.8 Å². The Kier molecular flexibility index (Phi) is 8.70. The van der Waals surface area contributed by atoms with Gasteiger partial charge in [0.25, 0.3) is 15.9 Å². The fourth-order valence-corrected chi connectivity index (χ4v) is 6.36. The summed E-state index contributed by atoms with van der Waals surface area (Å²) < 4.78 is 57.4. The van der Waals surface area contributed by atoms with Crippen molar-refractivity contribution in [3.05, 3.63) is 82.3 Å². The average Bonchev–Trinajstić information content (AvgIpc) is 2.89. The highest BCUT2D eigenvalue weighted by molar-refractivity contribution is 7.92. The first-order valence-electron chi connectivity index (χ1n) is 11.5. The molecule has 1 heterocycles. The molecule has 0 spiro atoms. The number of nitrogens with zero attached hydrogens (tertiary/aromatic N) is 1. The van der Waals surface area contributed by atoms with Gasteiger partial charge < -0.3 is 15.0 Å². The van der Waals surface area contributed by atoms with Crippen LogP contribution in [0.2, 0.25) is 10.0 Å². The molecule has 2 N–H and O–H groups in total. The number of benzene rings is 3. The number of hydrogen-bond donors (Lipinski definition) is 2. The number of rotatable bonds is 8. The molecule has 0 aromatic heterocycles. The molecule has 0 unspecified atom stereocenters. The molecule has 2 amide bonds. The minimum atomic E-state index is -4.06. The Hall–Kier alpha value is -3.32. The van der Waals surface area contributed by atoms with E-state index < -0.39 is 31.7 Å². The second-order valence-corrected chi connectivity index (χ2v) is 13.3. The SMILES string of the molecule is O=C(NCC(=O)N1CCS(=O)(=O)CC1)c1ccc(S(=O)(=O)Nc2ccccc2Oc2ccc(Cl)cc2Cl)cc1. The van der Waals surface area contributed by atoms with Crippen LogP contribution < -0.4 is 14.8 Å². The first-order chi connectivity index (χ1) is 18.4. The van der Waals surface area contributed by atoms with Gasteiger partial charge in [-0.15, -0.1) is 0 Å². The lowest BCUT2D eigenvalue weighted by molar-refractivity contribution is -0.129. The standard InChI is InChI=1S/C25H23Cl2N3O7S2/c26-18-7-10-22(20(27)15-18)37-23-4-2-1-3-21(23)29-39(35,36)19-8-5-17(6-9-19)25(32)28-16-24(31)30-11-13-38(33,34)14-12-30/h1-10,15,29H,11-14,16H2,(H,28,32). The van der Waals surface area contributed by atoms with Crippen LogP contribution in [0, 0.1) is 0 Å². The van der Waals surface area contributed by atoms with E-state index >= 15 is 0 Å². The molecule has 0 aliphatic carbocycles. The Morgan fingerprint density at radius 1 is 0.923 bits per heavy atom. The number of amides is 2. The Labute approximate surface area is 235 Å². The van der Waals surface area contributed by atoms with Gasteiger partial charge in [0.05, 0.1) is 33.7 Å². The summed E-state index contributed by atoms with van der Waals surface area (Å²) >= 11 is 12.1. The van der Waals surface area contributed by atoms with Crippen LogP contribution >= 0.6 is 23.2 Å². The highest BCUT2D eigenvalue weighted by Crippen LogP contribution is 2.35. The van der Waals surface area contributed by atoms with Gasteiger partial charge in [0.2, 0.25) is 5.91 Å². The molecule has 0 atom stereocenters. The molecule has 0 saturated carbocycles. The third-order valence-corrected chi connectivity index (χ3v) is 9.29. The van der Waals surface area contributed by atoms with E-state index in [1.807, 2.05) is 0 Å². The van der Waals surface area contributed by atoms with Crippen molar-refractivity contribution in [2.24, 2.45) is 0 Å². The number of halogens is 2. The number of ether oxygens (including phenoxy) is 1. The van der Waals surface area contributed by atoms with E-state index in [1.165, 1.54) is 41.3 Å². The van der Waals surface area contributed by atoms with Crippen molar-refractivity contribution in [2.45, 2.75) is 4.90 Å². The highest BCUT2D eigenvalue weighted by Gasteiger charge is 2.25.